The summed E-state index contributed by atoms with van der Waals surface area (Å²) in [5.74, 6) is 1.50. The van der Waals surface area contributed by atoms with Crippen molar-refractivity contribution in [3.63, 3.8) is 0 Å². The zero-order valence-electron chi connectivity index (χ0n) is 17.7. The van der Waals surface area contributed by atoms with Gasteiger partial charge < -0.3 is 14.4 Å². The Morgan fingerprint density at radius 1 is 0.968 bits per heavy atom. The highest BCUT2D eigenvalue weighted by Crippen LogP contribution is 2.23. The number of carbonyl (C=O) groups excluding carboxylic acids is 1. The van der Waals surface area contributed by atoms with E-state index in [0.717, 1.165) is 41.6 Å². The van der Waals surface area contributed by atoms with Crippen LogP contribution in [0.25, 0.3) is 11.3 Å². The second-order valence-corrected chi connectivity index (χ2v) is 8.29. The summed E-state index contributed by atoms with van der Waals surface area (Å²) in [6.07, 6.45) is 0. The van der Waals surface area contributed by atoms with Crippen LogP contribution in [-0.2, 0) is 11.3 Å². The lowest BCUT2D eigenvalue weighted by atomic mass is 10.2. The van der Waals surface area contributed by atoms with Crippen LogP contribution in [-0.4, -0.2) is 60.1 Å². The Labute approximate surface area is 187 Å². The van der Waals surface area contributed by atoms with Gasteiger partial charge in [0.1, 0.15) is 16.5 Å². The van der Waals surface area contributed by atoms with E-state index in [1.807, 2.05) is 54.3 Å². The number of amides is 1. The van der Waals surface area contributed by atoms with E-state index in [1.165, 1.54) is 0 Å². The third-order valence-corrected chi connectivity index (χ3v) is 6.04. The number of rotatable bonds is 8. The van der Waals surface area contributed by atoms with Gasteiger partial charge in [-0.15, -0.1) is 11.3 Å². The topological polar surface area (TPSA) is 54.9 Å². The minimum absolute atomic E-state index is 0.0224. The van der Waals surface area contributed by atoms with Gasteiger partial charge in [-0.1, -0.05) is 30.3 Å². The fraction of sp³-hybridized carbons (Fsp3) is 0.333. The summed E-state index contributed by atoms with van der Waals surface area (Å²) in [6, 6.07) is 17.6. The summed E-state index contributed by atoms with van der Waals surface area (Å²) in [7, 11) is 0. The van der Waals surface area contributed by atoms with Crippen LogP contribution in [0.5, 0.6) is 11.5 Å². The fourth-order valence-corrected chi connectivity index (χ4v) is 4.35. The summed E-state index contributed by atoms with van der Waals surface area (Å²) in [5.41, 5.74) is 2.17. The molecule has 0 atom stereocenters. The average Bonchev–Trinajstić information content (AvgIpc) is 3.28. The molecule has 1 aliphatic rings. The molecule has 162 valence electrons. The molecule has 0 bridgehead atoms. The Kier molecular flexibility index (Phi) is 7.17. The number of hydrogen-bond donors (Lipinski definition) is 0. The molecule has 0 N–H and O–H groups in total. The molecular formula is C24H27N3O3S. The molecule has 2 heterocycles. The number of nitrogens with zero attached hydrogens (tertiary/aromatic N) is 3. The van der Waals surface area contributed by atoms with Gasteiger partial charge in [-0.25, -0.2) is 4.98 Å². The Morgan fingerprint density at radius 3 is 2.32 bits per heavy atom. The molecule has 4 rings (SSSR count). The van der Waals surface area contributed by atoms with E-state index in [2.05, 4.69) is 22.4 Å². The summed E-state index contributed by atoms with van der Waals surface area (Å²) in [5, 5.41) is 3.22. The predicted molar refractivity (Wildman–Crippen MR) is 123 cm³/mol. The molecule has 0 saturated carbocycles. The first-order valence-corrected chi connectivity index (χ1v) is 11.4. The molecule has 0 radical (unpaired) electrons. The molecule has 3 aromatic rings. The maximum atomic E-state index is 12.5. The highest BCUT2D eigenvalue weighted by Gasteiger charge is 2.22. The third kappa shape index (κ3) is 5.83. The highest BCUT2D eigenvalue weighted by molar-refractivity contribution is 7.09. The molecule has 6 nitrogen and oxygen atoms in total. The lowest BCUT2D eigenvalue weighted by Gasteiger charge is -2.34. The van der Waals surface area contributed by atoms with E-state index in [4.69, 9.17) is 14.5 Å². The van der Waals surface area contributed by atoms with Crippen molar-refractivity contribution in [3.8, 4) is 22.8 Å². The van der Waals surface area contributed by atoms with Gasteiger partial charge in [0, 0.05) is 37.1 Å². The van der Waals surface area contributed by atoms with Gasteiger partial charge in [0.2, 0.25) is 0 Å². The number of carbonyl (C=O) groups is 1. The van der Waals surface area contributed by atoms with Crippen molar-refractivity contribution in [2.75, 3.05) is 39.4 Å². The lowest BCUT2D eigenvalue weighted by molar-refractivity contribution is -0.135. The van der Waals surface area contributed by atoms with Gasteiger partial charge in [0.05, 0.1) is 18.8 Å². The maximum absolute atomic E-state index is 12.5. The zero-order valence-corrected chi connectivity index (χ0v) is 18.5. The largest absolute Gasteiger partial charge is 0.494 e. The molecular weight excluding hydrogens is 410 g/mol. The monoisotopic (exact) mass is 437 g/mol. The van der Waals surface area contributed by atoms with Crippen LogP contribution >= 0.6 is 11.3 Å². The summed E-state index contributed by atoms with van der Waals surface area (Å²) in [4.78, 5) is 21.5. The molecule has 0 unspecified atom stereocenters. The van der Waals surface area contributed by atoms with Crippen LogP contribution in [0.15, 0.2) is 60.0 Å². The molecule has 1 fully saturated rings. The highest BCUT2D eigenvalue weighted by atomic mass is 32.1. The van der Waals surface area contributed by atoms with E-state index in [1.54, 1.807) is 11.3 Å². The number of thiazole rings is 1. The van der Waals surface area contributed by atoms with Crippen molar-refractivity contribution >= 4 is 17.2 Å². The molecule has 1 saturated heterocycles. The van der Waals surface area contributed by atoms with E-state index in [9.17, 15) is 4.79 Å². The maximum Gasteiger partial charge on any atom is 0.260 e. The first kappa shape index (κ1) is 21.3. The van der Waals surface area contributed by atoms with Crippen LogP contribution in [0.1, 0.15) is 11.9 Å². The van der Waals surface area contributed by atoms with E-state index >= 15 is 0 Å². The van der Waals surface area contributed by atoms with Gasteiger partial charge in [-0.05, 0) is 31.2 Å². The van der Waals surface area contributed by atoms with Crippen molar-refractivity contribution < 1.29 is 14.3 Å². The van der Waals surface area contributed by atoms with Crippen molar-refractivity contribution in [2.24, 2.45) is 0 Å². The van der Waals surface area contributed by atoms with Crippen LogP contribution in [0.2, 0.25) is 0 Å². The normalized spacial score (nSPS) is 14.4. The minimum Gasteiger partial charge on any atom is -0.494 e. The summed E-state index contributed by atoms with van der Waals surface area (Å²) in [6.45, 7) is 6.56. The average molecular weight is 438 g/mol. The van der Waals surface area contributed by atoms with Crippen LogP contribution in [0.4, 0.5) is 0 Å². The van der Waals surface area contributed by atoms with Crippen LogP contribution < -0.4 is 9.47 Å². The number of ether oxygens (including phenoxy) is 2. The molecule has 0 spiro atoms. The molecule has 1 aromatic heterocycles. The molecule has 1 aliphatic heterocycles. The quantitative estimate of drug-likeness (QED) is 0.534. The van der Waals surface area contributed by atoms with E-state index in [-0.39, 0.29) is 12.5 Å². The van der Waals surface area contributed by atoms with Crippen molar-refractivity contribution in [1.82, 2.24) is 14.8 Å². The number of piperazine rings is 1. The molecule has 0 aliphatic carbocycles. The Hall–Kier alpha value is -2.90. The molecule has 1 amide bonds. The van der Waals surface area contributed by atoms with Gasteiger partial charge in [0.15, 0.2) is 6.61 Å². The van der Waals surface area contributed by atoms with Crippen molar-refractivity contribution in [2.45, 2.75) is 13.5 Å². The second-order valence-electron chi connectivity index (χ2n) is 7.34. The van der Waals surface area contributed by atoms with Gasteiger partial charge in [0.25, 0.3) is 5.91 Å². The van der Waals surface area contributed by atoms with Gasteiger partial charge in [-0.3, -0.25) is 9.69 Å². The smallest absolute Gasteiger partial charge is 0.260 e. The van der Waals surface area contributed by atoms with E-state index < -0.39 is 0 Å². The lowest BCUT2D eigenvalue weighted by Crippen LogP contribution is -2.49. The van der Waals surface area contributed by atoms with Crippen LogP contribution in [0.3, 0.4) is 0 Å². The van der Waals surface area contributed by atoms with Gasteiger partial charge in [-0.2, -0.15) is 0 Å². The SMILES string of the molecule is CCOc1ccc(OCC(=O)N2CCN(Cc3nc(-c4ccccc4)cs3)CC2)cc1. The fourth-order valence-electron chi connectivity index (χ4n) is 3.51. The number of benzene rings is 2. The Balaban J connectivity index is 1.21. The molecule has 31 heavy (non-hydrogen) atoms. The standard InChI is InChI=1S/C24H27N3O3S/c1-2-29-20-8-10-21(11-9-20)30-17-24(28)27-14-12-26(13-15-27)16-23-25-22(18-31-23)19-6-4-3-5-7-19/h3-11,18H,2,12-17H2,1H3. The second kappa shape index (κ2) is 10.4. The number of aromatic nitrogens is 1. The third-order valence-electron chi connectivity index (χ3n) is 5.20. The van der Waals surface area contributed by atoms with Crippen molar-refractivity contribution in [1.29, 1.82) is 0 Å². The first-order chi connectivity index (χ1) is 15.2. The molecule has 7 heteroatoms. The van der Waals surface area contributed by atoms with Gasteiger partial charge >= 0.3 is 0 Å². The molecule has 2 aromatic carbocycles. The summed E-state index contributed by atoms with van der Waals surface area (Å²) >= 11 is 1.69. The summed E-state index contributed by atoms with van der Waals surface area (Å²) < 4.78 is 11.1. The van der Waals surface area contributed by atoms with E-state index in [0.29, 0.717) is 25.4 Å². The van der Waals surface area contributed by atoms with Crippen LogP contribution in [0, 0.1) is 0 Å². The van der Waals surface area contributed by atoms with Crippen molar-refractivity contribution in [3.05, 3.63) is 65.0 Å². The predicted octanol–water partition coefficient (Wildman–Crippen LogP) is 3.93. The Bertz CT molecular complexity index is 967. The number of hydrogen-bond acceptors (Lipinski definition) is 6. The minimum atomic E-state index is 0.0224. The first-order valence-electron chi connectivity index (χ1n) is 10.6. The zero-order chi connectivity index (χ0) is 21.5. The Morgan fingerprint density at radius 2 is 1.65 bits per heavy atom.